The first kappa shape index (κ1) is 16.4. The molecular formula is C11H10I3NO3. The second-order valence-electron chi connectivity index (χ2n) is 3.58. The van der Waals surface area contributed by atoms with E-state index in [4.69, 9.17) is 5.11 Å². The molecule has 0 spiro atoms. The van der Waals surface area contributed by atoms with Crippen LogP contribution in [0.5, 0.6) is 0 Å². The monoisotopic (exact) mass is 585 g/mol. The number of amides is 1. The number of halogens is 3. The van der Waals surface area contributed by atoms with Crippen LogP contribution in [0.1, 0.15) is 18.9 Å². The van der Waals surface area contributed by atoms with E-state index in [2.05, 4.69) is 73.1 Å². The predicted molar refractivity (Wildman–Crippen MR) is 94.9 cm³/mol. The van der Waals surface area contributed by atoms with Crippen LogP contribution in [0.2, 0.25) is 0 Å². The molecule has 0 saturated heterocycles. The number of aliphatic carboxylic acids is 1. The van der Waals surface area contributed by atoms with Gasteiger partial charge in [-0.15, -0.1) is 0 Å². The molecule has 7 heteroatoms. The molecule has 0 bridgehead atoms. The molecule has 0 radical (unpaired) electrons. The molecule has 4 nitrogen and oxygen atoms in total. The minimum atomic E-state index is -0.818. The number of hydrogen-bond acceptors (Lipinski definition) is 2. The average molecular weight is 585 g/mol. The second kappa shape index (κ2) is 7.22. The molecule has 0 aromatic heterocycles. The van der Waals surface area contributed by atoms with Crippen molar-refractivity contribution in [1.82, 2.24) is 0 Å². The summed E-state index contributed by atoms with van der Waals surface area (Å²) in [7, 11) is 0. The summed E-state index contributed by atoms with van der Waals surface area (Å²) in [5.74, 6) is -0.947. The fraction of sp³-hybridized carbons (Fsp3) is 0.273. The first-order valence-corrected chi connectivity index (χ1v) is 8.22. The Kier molecular flexibility index (Phi) is 6.58. The maximum absolute atomic E-state index is 11.2. The van der Waals surface area contributed by atoms with Gasteiger partial charge in [-0.25, -0.2) is 0 Å². The first-order chi connectivity index (χ1) is 8.32. The zero-order valence-electron chi connectivity index (χ0n) is 9.39. The van der Waals surface area contributed by atoms with E-state index in [0.29, 0.717) is 6.42 Å². The fourth-order valence-corrected chi connectivity index (χ4v) is 5.56. The van der Waals surface area contributed by atoms with Crippen LogP contribution in [0.25, 0.3) is 0 Å². The predicted octanol–water partition coefficient (Wildman–Crippen LogP) is 3.48. The van der Waals surface area contributed by atoms with Crippen LogP contribution in [0.3, 0.4) is 0 Å². The van der Waals surface area contributed by atoms with Crippen molar-refractivity contribution < 1.29 is 14.7 Å². The van der Waals surface area contributed by atoms with Gasteiger partial charge in [-0.2, -0.15) is 0 Å². The minimum absolute atomic E-state index is 0.0894. The molecule has 0 aliphatic carbocycles. The normalized spacial score (nSPS) is 10.2. The second-order valence-corrected chi connectivity index (χ2v) is 6.99. The van der Waals surface area contributed by atoms with Gasteiger partial charge in [-0.1, -0.05) is 0 Å². The van der Waals surface area contributed by atoms with Crippen molar-refractivity contribution in [2.45, 2.75) is 19.8 Å². The Bertz CT molecular complexity index is 503. The first-order valence-electron chi connectivity index (χ1n) is 4.98. The van der Waals surface area contributed by atoms with Crippen molar-refractivity contribution in [2.75, 3.05) is 5.32 Å². The van der Waals surface area contributed by atoms with Gasteiger partial charge in [0.1, 0.15) is 0 Å². The van der Waals surface area contributed by atoms with Crippen LogP contribution in [0.4, 0.5) is 5.69 Å². The summed E-state index contributed by atoms with van der Waals surface area (Å²) in [6, 6.07) is 1.95. The smallest absolute Gasteiger partial charge is 0.303 e. The summed E-state index contributed by atoms with van der Waals surface area (Å²) in [5.41, 5.74) is 1.74. The highest BCUT2D eigenvalue weighted by Crippen LogP contribution is 2.32. The summed E-state index contributed by atoms with van der Waals surface area (Å²) in [5, 5.41) is 11.5. The maximum Gasteiger partial charge on any atom is 0.303 e. The summed E-state index contributed by atoms with van der Waals surface area (Å²) >= 11 is 6.51. The number of carboxylic acid groups (broad SMARTS) is 1. The van der Waals surface area contributed by atoms with Gasteiger partial charge in [0.2, 0.25) is 5.91 Å². The number of anilines is 1. The van der Waals surface area contributed by atoms with Crippen molar-refractivity contribution in [2.24, 2.45) is 0 Å². The molecular weight excluding hydrogens is 575 g/mol. The van der Waals surface area contributed by atoms with E-state index in [9.17, 15) is 9.59 Å². The molecule has 1 rings (SSSR count). The molecule has 1 aromatic carbocycles. The van der Waals surface area contributed by atoms with Crippen LogP contribution >= 0.6 is 67.8 Å². The van der Waals surface area contributed by atoms with Crippen LogP contribution in [-0.2, 0) is 16.0 Å². The van der Waals surface area contributed by atoms with E-state index in [1.807, 2.05) is 6.07 Å². The van der Waals surface area contributed by atoms with Gasteiger partial charge >= 0.3 is 5.97 Å². The van der Waals surface area contributed by atoms with Gasteiger partial charge in [0.05, 0.1) is 5.69 Å². The molecule has 0 aliphatic rings. The number of nitrogens with one attached hydrogen (secondary N) is 1. The summed E-state index contributed by atoms with van der Waals surface area (Å²) in [6.07, 6.45) is 0.557. The molecule has 0 fully saturated rings. The minimum Gasteiger partial charge on any atom is -0.481 e. The Morgan fingerprint density at radius 2 is 1.89 bits per heavy atom. The van der Waals surface area contributed by atoms with Gasteiger partial charge in [0.15, 0.2) is 0 Å². The molecule has 0 atom stereocenters. The van der Waals surface area contributed by atoms with E-state index < -0.39 is 5.97 Å². The number of hydrogen-bond donors (Lipinski definition) is 2. The van der Waals surface area contributed by atoms with E-state index in [0.717, 1.165) is 22.0 Å². The van der Waals surface area contributed by atoms with E-state index >= 15 is 0 Å². The van der Waals surface area contributed by atoms with Crippen molar-refractivity contribution in [3.05, 3.63) is 22.3 Å². The van der Waals surface area contributed by atoms with Gasteiger partial charge in [0, 0.05) is 24.1 Å². The SMILES string of the molecule is CC(=O)Nc1c(I)cc(I)c(CCC(=O)O)c1I. The largest absolute Gasteiger partial charge is 0.481 e. The lowest BCUT2D eigenvalue weighted by atomic mass is 10.1. The third-order valence-electron chi connectivity index (χ3n) is 2.15. The lowest BCUT2D eigenvalue weighted by molar-refractivity contribution is -0.137. The summed E-state index contributed by atoms with van der Waals surface area (Å²) in [4.78, 5) is 21.8. The fourth-order valence-electron chi connectivity index (χ4n) is 1.38. The number of rotatable bonds is 4. The van der Waals surface area contributed by atoms with Crippen LogP contribution in [-0.4, -0.2) is 17.0 Å². The topological polar surface area (TPSA) is 66.4 Å². The van der Waals surface area contributed by atoms with Crippen molar-refractivity contribution in [3.8, 4) is 0 Å². The zero-order chi connectivity index (χ0) is 13.9. The zero-order valence-corrected chi connectivity index (χ0v) is 15.9. The Labute approximate surface area is 146 Å². The van der Waals surface area contributed by atoms with Crippen molar-refractivity contribution >= 4 is 85.3 Å². The van der Waals surface area contributed by atoms with E-state index in [1.54, 1.807) is 0 Å². The Morgan fingerprint density at radius 3 is 2.39 bits per heavy atom. The lowest BCUT2D eigenvalue weighted by Gasteiger charge is -2.14. The van der Waals surface area contributed by atoms with Crippen LogP contribution < -0.4 is 5.32 Å². The number of carbonyl (C=O) groups is 2. The highest BCUT2D eigenvalue weighted by molar-refractivity contribution is 14.1. The highest BCUT2D eigenvalue weighted by atomic mass is 127. The van der Waals surface area contributed by atoms with E-state index in [-0.39, 0.29) is 12.3 Å². The van der Waals surface area contributed by atoms with Crippen LogP contribution in [0.15, 0.2) is 6.07 Å². The third kappa shape index (κ3) is 4.47. The van der Waals surface area contributed by atoms with Gasteiger partial charge in [0.25, 0.3) is 0 Å². The van der Waals surface area contributed by atoms with Crippen LogP contribution in [0, 0.1) is 10.7 Å². The average Bonchev–Trinajstić information content (AvgIpc) is 2.23. The number of benzene rings is 1. The third-order valence-corrected chi connectivity index (χ3v) is 5.16. The standard InChI is InChI=1S/C11H10I3NO3/c1-5(16)15-11-8(13)4-7(12)6(10(11)14)2-3-9(17)18/h4H,2-3H2,1H3,(H,15,16)(H,17,18). The molecule has 1 aromatic rings. The van der Waals surface area contributed by atoms with E-state index in [1.165, 1.54) is 6.92 Å². The van der Waals surface area contributed by atoms with Gasteiger partial charge in [-0.05, 0) is 85.8 Å². The lowest BCUT2D eigenvalue weighted by Crippen LogP contribution is -2.11. The van der Waals surface area contributed by atoms with Gasteiger partial charge < -0.3 is 10.4 Å². The van der Waals surface area contributed by atoms with Crippen molar-refractivity contribution in [1.29, 1.82) is 0 Å². The molecule has 0 aliphatic heterocycles. The Hall–Kier alpha value is 0.350. The molecule has 18 heavy (non-hydrogen) atoms. The molecule has 0 heterocycles. The molecule has 0 saturated carbocycles. The van der Waals surface area contributed by atoms with Gasteiger partial charge in [-0.3, -0.25) is 9.59 Å². The molecule has 2 N–H and O–H groups in total. The van der Waals surface area contributed by atoms with Crippen molar-refractivity contribution in [3.63, 3.8) is 0 Å². The highest BCUT2D eigenvalue weighted by Gasteiger charge is 2.15. The summed E-state index contributed by atoms with van der Waals surface area (Å²) < 4.78 is 2.90. The molecule has 1 amide bonds. The summed E-state index contributed by atoms with van der Waals surface area (Å²) in [6.45, 7) is 1.46. The quantitative estimate of drug-likeness (QED) is 0.533. The Morgan fingerprint density at radius 1 is 1.28 bits per heavy atom. The number of carbonyl (C=O) groups excluding carboxylic acids is 1. The molecule has 98 valence electrons. The maximum atomic E-state index is 11.2. The Balaban J connectivity index is 3.17. The number of carboxylic acids is 1. The molecule has 0 unspecified atom stereocenters.